The fraction of sp³-hybridized carbons (Fsp3) is 0.533. The zero-order chi connectivity index (χ0) is 14.5. The van der Waals surface area contributed by atoms with Crippen molar-refractivity contribution in [2.24, 2.45) is 0 Å². The summed E-state index contributed by atoms with van der Waals surface area (Å²) in [5.41, 5.74) is 0.913. The molecule has 0 aromatic heterocycles. The Kier molecular flexibility index (Phi) is 4.98. The fourth-order valence-electron chi connectivity index (χ4n) is 2.55. The monoisotopic (exact) mass is 278 g/mol. The second kappa shape index (κ2) is 6.72. The van der Waals surface area contributed by atoms with E-state index in [1.54, 1.807) is 24.3 Å². The van der Waals surface area contributed by atoms with Gasteiger partial charge >= 0.3 is 5.97 Å². The van der Waals surface area contributed by atoms with Crippen LogP contribution >= 0.6 is 0 Å². The number of carbonyl (C=O) groups is 1. The number of nitrogens with zero attached hydrogens (tertiary/aromatic N) is 1. The second-order valence-corrected chi connectivity index (χ2v) is 5.51. The number of aromatic hydroxyl groups is 1. The number of hydrogen-bond donors (Lipinski definition) is 3. The molecule has 1 aromatic carbocycles. The third-order valence-corrected chi connectivity index (χ3v) is 3.83. The Hall–Kier alpha value is -1.59. The highest BCUT2D eigenvalue weighted by Gasteiger charge is 2.24. The second-order valence-electron chi connectivity index (χ2n) is 5.51. The van der Waals surface area contributed by atoms with Gasteiger partial charge in [-0.15, -0.1) is 0 Å². The molecular weight excluding hydrogens is 256 g/mol. The van der Waals surface area contributed by atoms with Gasteiger partial charge in [-0.25, -0.2) is 0 Å². The molecule has 0 saturated carbocycles. The van der Waals surface area contributed by atoms with Gasteiger partial charge < -0.3 is 20.4 Å². The molecular formula is C15H22N2O3. The molecule has 0 amide bonds. The van der Waals surface area contributed by atoms with Crippen LogP contribution in [0.15, 0.2) is 24.3 Å². The number of carboxylic acids is 1. The van der Waals surface area contributed by atoms with Gasteiger partial charge in [0, 0.05) is 6.04 Å². The highest BCUT2D eigenvalue weighted by Crippen LogP contribution is 2.14. The smallest absolute Gasteiger partial charge is 0.321 e. The van der Waals surface area contributed by atoms with Crippen molar-refractivity contribution in [3.63, 3.8) is 0 Å². The first-order valence-electron chi connectivity index (χ1n) is 7.00. The average Bonchev–Trinajstić information content (AvgIpc) is 2.42. The molecule has 5 nitrogen and oxygen atoms in total. The summed E-state index contributed by atoms with van der Waals surface area (Å²) in [6, 6.07) is 6.40. The fourth-order valence-corrected chi connectivity index (χ4v) is 2.55. The molecule has 5 heteroatoms. The summed E-state index contributed by atoms with van der Waals surface area (Å²) >= 11 is 0. The van der Waals surface area contributed by atoms with Crippen LogP contribution in [0.25, 0.3) is 0 Å². The minimum atomic E-state index is -0.822. The summed E-state index contributed by atoms with van der Waals surface area (Å²) in [5, 5.41) is 21.8. The quantitative estimate of drug-likeness (QED) is 0.751. The Labute approximate surface area is 119 Å². The van der Waals surface area contributed by atoms with Gasteiger partial charge in [0.05, 0.1) is 0 Å². The number of carboxylic acid groups (broad SMARTS) is 1. The number of phenols is 1. The van der Waals surface area contributed by atoms with Crippen LogP contribution in [-0.2, 0) is 11.2 Å². The van der Waals surface area contributed by atoms with Crippen LogP contribution in [0, 0.1) is 0 Å². The van der Waals surface area contributed by atoms with Crippen molar-refractivity contribution in [1.82, 2.24) is 10.2 Å². The van der Waals surface area contributed by atoms with Gasteiger partial charge in [0.1, 0.15) is 11.8 Å². The summed E-state index contributed by atoms with van der Waals surface area (Å²) in [6.45, 7) is 2.01. The Balaban J connectivity index is 1.93. The van der Waals surface area contributed by atoms with Crippen LogP contribution in [0.1, 0.15) is 18.4 Å². The van der Waals surface area contributed by atoms with Crippen LogP contribution in [0.3, 0.4) is 0 Å². The van der Waals surface area contributed by atoms with E-state index in [0.717, 1.165) is 31.5 Å². The molecule has 1 heterocycles. The SMILES string of the molecule is CN1CCC(N[C@@H](Cc2ccc(O)cc2)C(=O)O)CC1. The number of piperidine rings is 1. The van der Waals surface area contributed by atoms with Gasteiger partial charge in [0.2, 0.25) is 0 Å². The van der Waals surface area contributed by atoms with Crippen molar-refractivity contribution < 1.29 is 15.0 Å². The zero-order valence-electron chi connectivity index (χ0n) is 11.7. The highest BCUT2D eigenvalue weighted by molar-refractivity contribution is 5.74. The van der Waals surface area contributed by atoms with Crippen molar-refractivity contribution >= 4 is 5.97 Å². The summed E-state index contributed by atoms with van der Waals surface area (Å²) in [4.78, 5) is 13.6. The van der Waals surface area contributed by atoms with Crippen molar-refractivity contribution in [3.8, 4) is 5.75 Å². The van der Waals surface area contributed by atoms with Gasteiger partial charge in [-0.1, -0.05) is 12.1 Å². The zero-order valence-corrected chi connectivity index (χ0v) is 11.7. The lowest BCUT2D eigenvalue weighted by Crippen LogP contribution is -2.49. The summed E-state index contributed by atoms with van der Waals surface area (Å²) in [5.74, 6) is -0.624. The largest absolute Gasteiger partial charge is 0.508 e. The number of aliphatic carboxylic acids is 1. The van der Waals surface area contributed by atoms with Crippen LogP contribution in [-0.4, -0.2) is 53.3 Å². The highest BCUT2D eigenvalue weighted by atomic mass is 16.4. The number of rotatable bonds is 5. The molecule has 0 radical (unpaired) electrons. The van der Waals surface area contributed by atoms with Gasteiger partial charge in [-0.2, -0.15) is 0 Å². The molecule has 0 aliphatic carbocycles. The van der Waals surface area contributed by atoms with Gasteiger partial charge in [-0.3, -0.25) is 4.79 Å². The van der Waals surface area contributed by atoms with E-state index in [2.05, 4.69) is 17.3 Å². The van der Waals surface area contributed by atoms with E-state index < -0.39 is 12.0 Å². The number of nitrogens with one attached hydrogen (secondary N) is 1. The summed E-state index contributed by atoms with van der Waals surface area (Å²) in [7, 11) is 2.08. The van der Waals surface area contributed by atoms with E-state index in [0.29, 0.717) is 6.42 Å². The molecule has 3 N–H and O–H groups in total. The maximum Gasteiger partial charge on any atom is 0.321 e. The van der Waals surface area contributed by atoms with E-state index in [4.69, 9.17) is 0 Å². The summed E-state index contributed by atoms with van der Waals surface area (Å²) < 4.78 is 0. The van der Waals surface area contributed by atoms with E-state index in [1.165, 1.54) is 0 Å². The Morgan fingerprint density at radius 2 is 1.95 bits per heavy atom. The van der Waals surface area contributed by atoms with Gasteiger partial charge in [-0.05, 0) is 57.1 Å². The van der Waals surface area contributed by atoms with Crippen LogP contribution in [0.5, 0.6) is 5.75 Å². The molecule has 1 atom stereocenters. The third kappa shape index (κ3) is 4.21. The Bertz CT molecular complexity index is 439. The predicted molar refractivity (Wildman–Crippen MR) is 76.9 cm³/mol. The lowest BCUT2D eigenvalue weighted by molar-refractivity contribution is -0.139. The summed E-state index contributed by atoms with van der Waals surface area (Å²) in [6.07, 6.45) is 2.40. The lowest BCUT2D eigenvalue weighted by atomic mass is 10.0. The van der Waals surface area contributed by atoms with E-state index in [1.807, 2.05) is 0 Å². The van der Waals surface area contributed by atoms with Crippen molar-refractivity contribution in [1.29, 1.82) is 0 Å². The molecule has 0 unspecified atom stereocenters. The van der Waals surface area contributed by atoms with Gasteiger partial charge in [0.15, 0.2) is 0 Å². The maximum absolute atomic E-state index is 11.4. The molecule has 1 aromatic rings. The topological polar surface area (TPSA) is 72.8 Å². The van der Waals surface area contributed by atoms with Crippen molar-refractivity contribution in [2.45, 2.75) is 31.3 Å². The molecule has 1 aliphatic heterocycles. The molecule has 0 spiro atoms. The molecule has 110 valence electrons. The minimum absolute atomic E-state index is 0.198. The Morgan fingerprint density at radius 3 is 2.50 bits per heavy atom. The average molecular weight is 278 g/mol. The first-order valence-corrected chi connectivity index (χ1v) is 7.00. The number of benzene rings is 1. The molecule has 2 rings (SSSR count). The van der Waals surface area contributed by atoms with Crippen molar-refractivity contribution in [2.75, 3.05) is 20.1 Å². The third-order valence-electron chi connectivity index (χ3n) is 3.83. The number of likely N-dealkylation sites (tertiary alicyclic amines) is 1. The van der Waals surface area contributed by atoms with E-state index in [-0.39, 0.29) is 11.8 Å². The molecule has 1 saturated heterocycles. The molecule has 1 aliphatic rings. The first-order chi connectivity index (χ1) is 9.54. The first kappa shape index (κ1) is 14.8. The van der Waals surface area contributed by atoms with Crippen LogP contribution in [0.2, 0.25) is 0 Å². The maximum atomic E-state index is 11.4. The molecule has 0 bridgehead atoms. The lowest BCUT2D eigenvalue weighted by Gasteiger charge is -2.31. The Morgan fingerprint density at radius 1 is 1.35 bits per heavy atom. The predicted octanol–water partition coefficient (Wildman–Crippen LogP) is 1.07. The van der Waals surface area contributed by atoms with E-state index in [9.17, 15) is 15.0 Å². The van der Waals surface area contributed by atoms with E-state index >= 15 is 0 Å². The molecule has 1 fully saturated rings. The minimum Gasteiger partial charge on any atom is -0.508 e. The van der Waals surface area contributed by atoms with Crippen molar-refractivity contribution in [3.05, 3.63) is 29.8 Å². The number of hydrogen-bond acceptors (Lipinski definition) is 4. The standard InChI is InChI=1S/C15H22N2O3/c1-17-8-6-12(7-9-17)16-14(15(19)20)10-11-2-4-13(18)5-3-11/h2-5,12,14,16,18H,6-10H2,1H3,(H,19,20)/t14-/m0/s1. The van der Waals surface area contributed by atoms with Crippen LogP contribution in [0.4, 0.5) is 0 Å². The normalized spacial score (nSPS) is 18.9. The molecule has 20 heavy (non-hydrogen) atoms. The van der Waals surface area contributed by atoms with Gasteiger partial charge in [0.25, 0.3) is 0 Å². The number of phenolic OH excluding ortho intramolecular Hbond substituents is 1. The van der Waals surface area contributed by atoms with Crippen LogP contribution < -0.4 is 5.32 Å².